The second-order valence-electron chi connectivity index (χ2n) is 20.2. The number of hydrogen-bond acceptors (Lipinski definition) is 7. The Morgan fingerprint density at radius 3 is 2.22 bits per heavy atom. The predicted molar refractivity (Wildman–Crippen MR) is 182 cm³/mol. The molecule has 1 N–H and O–H groups in total. The second-order valence-corrected chi connectivity index (χ2v) is 20.2. The molecule has 4 saturated heterocycles. The predicted octanol–water partition coefficient (Wildman–Crippen LogP) is 6.50. The van der Waals surface area contributed by atoms with E-state index in [2.05, 4.69) is 48.5 Å². The summed E-state index contributed by atoms with van der Waals surface area (Å²) < 4.78 is 25.0. The van der Waals surface area contributed by atoms with Crippen LogP contribution >= 0.6 is 0 Å². The summed E-state index contributed by atoms with van der Waals surface area (Å²) in [5.74, 6) is 1.76. The van der Waals surface area contributed by atoms with E-state index in [1.807, 2.05) is 4.90 Å². The van der Waals surface area contributed by atoms with E-state index < -0.39 is 6.10 Å². The van der Waals surface area contributed by atoms with Gasteiger partial charge in [-0.3, -0.25) is 0 Å². The topological polar surface area (TPSA) is 97.8 Å². The SMILES string of the molecule is CC(C)[C@@H](OC(=O)N1CCC1)[C@H]1C[C@@H](C)[C@H]2[C@H](O1)[C@H](O)[C@@]1(C)[C@@H]3CC[C@H]4C(C)(C)[C@@H](OC(=O)N5CC6(COC6)C5)CC[C@@]45C[C@@]35CC[C@]21C. The first-order chi connectivity index (χ1) is 23.1. The van der Waals surface area contributed by atoms with Crippen molar-refractivity contribution in [2.45, 2.75) is 137 Å². The van der Waals surface area contributed by atoms with Crippen LogP contribution in [0.25, 0.3) is 0 Å². The Hall–Kier alpha value is -1.58. The van der Waals surface area contributed by atoms with Crippen LogP contribution in [0.15, 0.2) is 0 Å². The summed E-state index contributed by atoms with van der Waals surface area (Å²) in [6.07, 6.45) is 8.09. The van der Waals surface area contributed by atoms with Gasteiger partial charge >= 0.3 is 12.2 Å². The molecule has 9 heteroatoms. The standard InChI is InChI=1S/C40H62N2O7/c1-23(2)30(49-33(44)41-15-8-16-41)25-17-24(3)29-31(47-25)32(43)37(7)27-10-9-26-35(4,5)28(48-34(45)42-19-38(20-42)21-46-22-38)11-12-39(26)18-40(27,39)14-13-36(29,37)6/h23-32,43H,8-22H2,1-7H3/t24-,25-,26+,27+,28+,29+,30-,31+,32+,36-,37-,39-,40+/m1/s1. The maximum absolute atomic E-state index is 13.3. The van der Waals surface area contributed by atoms with Crippen molar-refractivity contribution in [2.24, 2.45) is 62.1 Å². The molecule has 9 aliphatic rings. The van der Waals surface area contributed by atoms with Crippen LogP contribution in [0.3, 0.4) is 0 Å². The fraction of sp³-hybridized carbons (Fsp3) is 0.950. The summed E-state index contributed by atoms with van der Waals surface area (Å²) in [5, 5.41) is 12.7. The maximum atomic E-state index is 13.3. The molecular weight excluding hydrogens is 620 g/mol. The van der Waals surface area contributed by atoms with E-state index in [0.717, 1.165) is 84.3 Å². The number of aliphatic hydroxyl groups is 1. The van der Waals surface area contributed by atoms with Gasteiger partial charge in [-0.15, -0.1) is 0 Å². The van der Waals surface area contributed by atoms with Gasteiger partial charge in [0.15, 0.2) is 0 Å². The number of carbonyl (C=O) groups excluding carboxylic acids is 2. The van der Waals surface area contributed by atoms with E-state index in [9.17, 15) is 14.7 Å². The number of fused-ring (bicyclic) bond motifs is 4. The molecule has 13 atom stereocenters. The summed E-state index contributed by atoms with van der Waals surface area (Å²) in [7, 11) is 0. The van der Waals surface area contributed by atoms with Crippen LogP contribution in [-0.4, -0.2) is 97.0 Å². The number of aliphatic hydroxyl groups excluding tert-OH is 1. The Morgan fingerprint density at radius 2 is 1.59 bits per heavy atom. The van der Waals surface area contributed by atoms with Gasteiger partial charge in [-0.1, -0.05) is 48.5 Å². The van der Waals surface area contributed by atoms with Crippen LogP contribution in [0.1, 0.15) is 106 Å². The van der Waals surface area contributed by atoms with Gasteiger partial charge in [-0.05, 0) is 104 Å². The minimum Gasteiger partial charge on any atom is -0.446 e. The zero-order valence-electron chi connectivity index (χ0n) is 31.2. The number of carbonyl (C=O) groups is 2. The summed E-state index contributed by atoms with van der Waals surface area (Å²) in [6, 6.07) is 0. The number of amides is 2. The molecule has 0 bridgehead atoms. The third-order valence-corrected chi connectivity index (χ3v) is 17.5. The molecule has 2 amide bonds. The van der Waals surface area contributed by atoms with Crippen molar-refractivity contribution in [2.75, 3.05) is 39.4 Å². The quantitative estimate of drug-likeness (QED) is 0.362. The molecule has 9 rings (SSSR count). The monoisotopic (exact) mass is 682 g/mol. The van der Waals surface area contributed by atoms with Gasteiger partial charge in [-0.25, -0.2) is 9.59 Å². The van der Waals surface area contributed by atoms with E-state index in [1.54, 1.807) is 4.90 Å². The van der Waals surface area contributed by atoms with E-state index in [-0.39, 0.29) is 80.9 Å². The Kier molecular flexibility index (Phi) is 7.14. The van der Waals surface area contributed by atoms with Crippen molar-refractivity contribution in [3.05, 3.63) is 0 Å². The average molecular weight is 683 g/mol. The first-order valence-corrected chi connectivity index (χ1v) is 19.9. The van der Waals surface area contributed by atoms with Gasteiger partial charge in [0.1, 0.15) is 12.2 Å². The Labute approximate surface area is 293 Å². The minimum absolute atomic E-state index is 0.0159. The molecule has 4 aliphatic heterocycles. The molecule has 0 unspecified atom stereocenters. The molecule has 274 valence electrons. The molecule has 0 aromatic rings. The molecule has 4 heterocycles. The van der Waals surface area contributed by atoms with E-state index >= 15 is 0 Å². The van der Waals surface area contributed by atoms with Crippen LogP contribution in [0.5, 0.6) is 0 Å². The van der Waals surface area contributed by atoms with E-state index in [4.69, 9.17) is 18.9 Å². The normalized spacial score (nSPS) is 50.3. The second kappa shape index (κ2) is 10.5. The molecule has 3 spiro atoms. The summed E-state index contributed by atoms with van der Waals surface area (Å²) in [6.45, 7) is 20.9. The highest BCUT2D eigenvalue weighted by molar-refractivity contribution is 5.69. The van der Waals surface area contributed by atoms with Crippen molar-refractivity contribution in [3.63, 3.8) is 0 Å². The van der Waals surface area contributed by atoms with Crippen molar-refractivity contribution in [1.29, 1.82) is 0 Å². The van der Waals surface area contributed by atoms with Gasteiger partial charge in [0.25, 0.3) is 0 Å². The summed E-state index contributed by atoms with van der Waals surface area (Å²) in [4.78, 5) is 29.9. The Bertz CT molecular complexity index is 1390. The van der Waals surface area contributed by atoms with Crippen LogP contribution in [0, 0.1) is 62.1 Å². The number of ether oxygens (including phenoxy) is 4. The number of likely N-dealkylation sites (tertiary alicyclic amines) is 2. The van der Waals surface area contributed by atoms with Gasteiger partial charge in [0.2, 0.25) is 0 Å². The van der Waals surface area contributed by atoms with Crippen LogP contribution in [-0.2, 0) is 18.9 Å². The van der Waals surface area contributed by atoms with Crippen LogP contribution < -0.4 is 0 Å². The number of rotatable bonds is 4. The highest BCUT2D eigenvalue weighted by atomic mass is 16.6. The zero-order valence-corrected chi connectivity index (χ0v) is 31.2. The molecule has 5 saturated carbocycles. The first-order valence-electron chi connectivity index (χ1n) is 19.9. The maximum Gasteiger partial charge on any atom is 0.410 e. The van der Waals surface area contributed by atoms with Crippen molar-refractivity contribution in [1.82, 2.24) is 9.80 Å². The van der Waals surface area contributed by atoms with E-state index in [0.29, 0.717) is 17.8 Å². The van der Waals surface area contributed by atoms with Gasteiger partial charge in [-0.2, -0.15) is 0 Å². The fourth-order valence-electron chi connectivity index (χ4n) is 14.7. The van der Waals surface area contributed by atoms with Gasteiger partial charge in [0, 0.05) is 37.0 Å². The molecule has 5 aliphatic carbocycles. The molecule has 9 nitrogen and oxygen atoms in total. The third kappa shape index (κ3) is 4.16. The average Bonchev–Trinajstić information content (AvgIpc) is 3.59. The number of nitrogens with zero attached hydrogens (tertiary/aromatic N) is 2. The molecule has 0 aromatic heterocycles. The lowest BCUT2D eigenvalue weighted by Crippen LogP contribution is -2.67. The lowest BCUT2D eigenvalue weighted by Gasteiger charge is -2.63. The van der Waals surface area contributed by atoms with Crippen molar-refractivity contribution >= 4 is 12.2 Å². The van der Waals surface area contributed by atoms with E-state index in [1.165, 1.54) is 12.8 Å². The molecule has 49 heavy (non-hydrogen) atoms. The van der Waals surface area contributed by atoms with Gasteiger partial charge < -0.3 is 33.9 Å². The lowest BCUT2D eigenvalue weighted by molar-refractivity contribution is -0.194. The molecule has 9 fully saturated rings. The highest BCUT2D eigenvalue weighted by Crippen LogP contribution is 2.89. The molecular formula is C40H62N2O7. The summed E-state index contributed by atoms with van der Waals surface area (Å²) in [5.41, 5.74) is 0.364. The Balaban J connectivity index is 0.938. The van der Waals surface area contributed by atoms with Crippen LogP contribution in [0.2, 0.25) is 0 Å². The Morgan fingerprint density at radius 1 is 0.898 bits per heavy atom. The smallest absolute Gasteiger partial charge is 0.410 e. The van der Waals surface area contributed by atoms with Crippen molar-refractivity contribution in [3.8, 4) is 0 Å². The molecule has 0 radical (unpaired) electrons. The third-order valence-electron chi connectivity index (χ3n) is 17.5. The van der Waals surface area contributed by atoms with Crippen LogP contribution in [0.4, 0.5) is 9.59 Å². The first kappa shape index (κ1) is 33.3. The molecule has 0 aromatic carbocycles. The largest absolute Gasteiger partial charge is 0.446 e. The highest BCUT2D eigenvalue weighted by Gasteiger charge is 2.85. The zero-order chi connectivity index (χ0) is 34.5. The fourth-order valence-corrected chi connectivity index (χ4v) is 14.7. The van der Waals surface area contributed by atoms with Gasteiger partial charge in [0.05, 0.1) is 36.9 Å². The summed E-state index contributed by atoms with van der Waals surface area (Å²) >= 11 is 0. The van der Waals surface area contributed by atoms with Crippen molar-refractivity contribution < 1.29 is 33.6 Å². The number of hydrogen-bond donors (Lipinski definition) is 1. The lowest BCUT2D eigenvalue weighted by atomic mass is 9.41. The minimum atomic E-state index is -0.547.